The van der Waals surface area contributed by atoms with Gasteiger partial charge in [0.05, 0.1) is 12.2 Å². The van der Waals surface area contributed by atoms with E-state index in [0.29, 0.717) is 24.3 Å². The van der Waals surface area contributed by atoms with Crippen molar-refractivity contribution in [3.8, 4) is 0 Å². The highest BCUT2D eigenvalue weighted by atomic mass is 16.5. The van der Waals surface area contributed by atoms with E-state index in [-0.39, 0.29) is 11.9 Å². The SMILES string of the molecule is CCCC(=O)Nc1ccc(C(=O)OCC)cc1. The van der Waals surface area contributed by atoms with Crippen LogP contribution in [0.5, 0.6) is 0 Å². The summed E-state index contributed by atoms with van der Waals surface area (Å²) >= 11 is 0. The Hall–Kier alpha value is -1.84. The van der Waals surface area contributed by atoms with Crippen molar-refractivity contribution >= 4 is 17.6 Å². The lowest BCUT2D eigenvalue weighted by Gasteiger charge is -2.05. The van der Waals surface area contributed by atoms with Crippen molar-refractivity contribution in [1.29, 1.82) is 0 Å². The van der Waals surface area contributed by atoms with Gasteiger partial charge in [0.2, 0.25) is 5.91 Å². The summed E-state index contributed by atoms with van der Waals surface area (Å²) in [6.45, 7) is 4.06. The largest absolute Gasteiger partial charge is 0.462 e. The minimum Gasteiger partial charge on any atom is -0.462 e. The third-order valence-corrected chi connectivity index (χ3v) is 2.16. The van der Waals surface area contributed by atoms with Crippen molar-refractivity contribution in [3.63, 3.8) is 0 Å². The van der Waals surface area contributed by atoms with Gasteiger partial charge in [-0.05, 0) is 37.6 Å². The molecule has 17 heavy (non-hydrogen) atoms. The zero-order valence-corrected chi connectivity index (χ0v) is 10.2. The number of nitrogens with one attached hydrogen (secondary N) is 1. The van der Waals surface area contributed by atoms with Gasteiger partial charge >= 0.3 is 5.97 Å². The maximum atomic E-state index is 11.4. The molecule has 0 saturated carbocycles. The Bertz CT molecular complexity index is 384. The van der Waals surface area contributed by atoms with Crippen LogP contribution in [0, 0.1) is 0 Å². The Balaban J connectivity index is 2.61. The molecule has 4 heteroatoms. The first-order chi connectivity index (χ1) is 8.17. The van der Waals surface area contributed by atoms with Gasteiger partial charge in [-0.15, -0.1) is 0 Å². The number of esters is 1. The predicted octanol–water partition coefficient (Wildman–Crippen LogP) is 2.60. The molecule has 4 nitrogen and oxygen atoms in total. The highest BCUT2D eigenvalue weighted by Gasteiger charge is 2.06. The maximum absolute atomic E-state index is 11.4. The molecule has 0 fully saturated rings. The molecule has 1 aromatic carbocycles. The molecule has 92 valence electrons. The topological polar surface area (TPSA) is 55.4 Å². The number of hydrogen-bond donors (Lipinski definition) is 1. The third-order valence-electron chi connectivity index (χ3n) is 2.16. The van der Waals surface area contributed by atoms with E-state index < -0.39 is 0 Å². The summed E-state index contributed by atoms with van der Waals surface area (Å²) in [5.74, 6) is -0.365. The van der Waals surface area contributed by atoms with E-state index in [1.807, 2.05) is 6.92 Å². The van der Waals surface area contributed by atoms with E-state index in [0.717, 1.165) is 6.42 Å². The van der Waals surface area contributed by atoms with E-state index in [1.165, 1.54) is 0 Å². The van der Waals surface area contributed by atoms with Crippen molar-refractivity contribution in [2.45, 2.75) is 26.7 Å². The van der Waals surface area contributed by atoms with Crippen LogP contribution in [0.4, 0.5) is 5.69 Å². The highest BCUT2D eigenvalue weighted by molar-refractivity contribution is 5.93. The number of ether oxygens (including phenoxy) is 1. The summed E-state index contributed by atoms with van der Waals surface area (Å²) in [4.78, 5) is 22.7. The Morgan fingerprint density at radius 3 is 2.35 bits per heavy atom. The monoisotopic (exact) mass is 235 g/mol. The lowest BCUT2D eigenvalue weighted by Crippen LogP contribution is -2.11. The molecular weight excluding hydrogens is 218 g/mol. The second kappa shape index (κ2) is 6.68. The minimum absolute atomic E-state index is 0.0172. The number of benzene rings is 1. The molecule has 0 aliphatic heterocycles. The molecule has 0 bridgehead atoms. The van der Waals surface area contributed by atoms with Gasteiger partial charge in [0.1, 0.15) is 0 Å². The first kappa shape index (κ1) is 13.2. The van der Waals surface area contributed by atoms with Gasteiger partial charge in [-0.1, -0.05) is 6.92 Å². The molecule has 1 N–H and O–H groups in total. The van der Waals surface area contributed by atoms with Crippen molar-refractivity contribution in [1.82, 2.24) is 0 Å². The van der Waals surface area contributed by atoms with Crippen LogP contribution in [-0.2, 0) is 9.53 Å². The first-order valence-electron chi connectivity index (χ1n) is 5.74. The summed E-state index contributed by atoms with van der Waals surface area (Å²) in [6.07, 6.45) is 1.31. The molecule has 0 aliphatic carbocycles. The fraction of sp³-hybridized carbons (Fsp3) is 0.385. The number of carbonyl (C=O) groups is 2. The van der Waals surface area contributed by atoms with Crippen molar-refractivity contribution < 1.29 is 14.3 Å². The Labute approximate surface area is 101 Å². The average molecular weight is 235 g/mol. The molecule has 1 aromatic rings. The number of rotatable bonds is 5. The summed E-state index contributed by atoms with van der Waals surface area (Å²) in [5, 5.41) is 2.75. The van der Waals surface area contributed by atoms with Crippen LogP contribution in [0.3, 0.4) is 0 Å². The molecule has 0 unspecified atom stereocenters. The highest BCUT2D eigenvalue weighted by Crippen LogP contribution is 2.11. The second-order valence-corrected chi connectivity index (χ2v) is 3.60. The number of anilines is 1. The molecule has 0 radical (unpaired) electrons. The standard InChI is InChI=1S/C13H17NO3/c1-3-5-12(15)14-11-8-6-10(7-9-11)13(16)17-4-2/h6-9H,3-5H2,1-2H3,(H,14,15). The van der Waals surface area contributed by atoms with Crippen LogP contribution < -0.4 is 5.32 Å². The molecule has 0 heterocycles. The van der Waals surface area contributed by atoms with Crippen molar-refractivity contribution in [2.75, 3.05) is 11.9 Å². The zero-order valence-electron chi connectivity index (χ0n) is 10.2. The molecule has 0 atom stereocenters. The maximum Gasteiger partial charge on any atom is 0.338 e. The van der Waals surface area contributed by atoms with Crippen LogP contribution in [0.25, 0.3) is 0 Å². The lowest BCUT2D eigenvalue weighted by molar-refractivity contribution is -0.116. The Morgan fingerprint density at radius 1 is 1.18 bits per heavy atom. The third kappa shape index (κ3) is 4.26. The minimum atomic E-state index is -0.348. The van der Waals surface area contributed by atoms with Crippen LogP contribution in [0.2, 0.25) is 0 Å². The predicted molar refractivity (Wildman–Crippen MR) is 65.9 cm³/mol. The van der Waals surface area contributed by atoms with E-state index >= 15 is 0 Å². The van der Waals surface area contributed by atoms with Crippen LogP contribution in [-0.4, -0.2) is 18.5 Å². The van der Waals surface area contributed by atoms with Gasteiger partial charge in [-0.25, -0.2) is 4.79 Å². The van der Waals surface area contributed by atoms with Crippen LogP contribution >= 0.6 is 0 Å². The normalized spacial score (nSPS) is 9.76. The van der Waals surface area contributed by atoms with Gasteiger partial charge in [-0.3, -0.25) is 4.79 Å². The van der Waals surface area contributed by atoms with Gasteiger partial charge in [-0.2, -0.15) is 0 Å². The van der Waals surface area contributed by atoms with E-state index in [2.05, 4.69) is 5.32 Å². The summed E-state index contributed by atoms with van der Waals surface area (Å²) in [5.41, 5.74) is 1.18. The van der Waals surface area contributed by atoms with Gasteiger partial charge < -0.3 is 10.1 Å². The van der Waals surface area contributed by atoms with Crippen LogP contribution in [0.1, 0.15) is 37.0 Å². The first-order valence-corrected chi connectivity index (χ1v) is 5.74. The second-order valence-electron chi connectivity index (χ2n) is 3.60. The fourth-order valence-corrected chi connectivity index (χ4v) is 1.35. The zero-order chi connectivity index (χ0) is 12.7. The molecule has 1 rings (SSSR count). The molecular formula is C13H17NO3. The van der Waals surface area contributed by atoms with E-state index in [1.54, 1.807) is 31.2 Å². The smallest absolute Gasteiger partial charge is 0.338 e. The quantitative estimate of drug-likeness (QED) is 0.798. The molecule has 0 aliphatic rings. The molecule has 0 aromatic heterocycles. The van der Waals surface area contributed by atoms with Crippen molar-refractivity contribution in [2.24, 2.45) is 0 Å². The Morgan fingerprint density at radius 2 is 1.82 bits per heavy atom. The molecule has 0 spiro atoms. The fourth-order valence-electron chi connectivity index (χ4n) is 1.35. The van der Waals surface area contributed by atoms with Gasteiger partial charge in [0.25, 0.3) is 0 Å². The Kier molecular flexibility index (Phi) is 5.20. The van der Waals surface area contributed by atoms with Crippen LogP contribution in [0.15, 0.2) is 24.3 Å². The molecule has 1 amide bonds. The summed E-state index contributed by atoms with van der Waals surface area (Å²) in [7, 11) is 0. The summed E-state index contributed by atoms with van der Waals surface area (Å²) in [6, 6.07) is 6.67. The van der Waals surface area contributed by atoms with Gasteiger partial charge in [0, 0.05) is 12.1 Å². The lowest BCUT2D eigenvalue weighted by atomic mass is 10.2. The van der Waals surface area contributed by atoms with E-state index in [4.69, 9.17) is 4.74 Å². The van der Waals surface area contributed by atoms with Gasteiger partial charge in [0.15, 0.2) is 0 Å². The average Bonchev–Trinajstić information content (AvgIpc) is 2.30. The number of carbonyl (C=O) groups excluding carboxylic acids is 2. The van der Waals surface area contributed by atoms with Crippen molar-refractivity contribution in [3.05, 3.63) is 29.8 Å². The number of amides is 1. The molecule has 0 saturated heterocycles. The number of hydrogen-bond acceptors (Lipinski definition) is 3. The summed E-state index contributed by atoms with van der Waals surface area (Å²) < 4.78 is 4.86. The van der Waals surface area contributed by atoms with E-state index in [9.17, 15) is 9.59 Å².